The van der Waals surface area contributed by atoms with Crippen LogP contribution >= 0.6 is 0 Å². The molecule has 1 aromatic carbocycles. The van der Waals surface area contributed by atoms with E-state index in [1.807, 2.05) is 0 Å². The second-order valence-corrected chi connectivity index (χ2v) is 5.30. The monoisotopic (exact) mass is 369 g/mol. The van der Waals surface area contributed by atoms with Gasteiger partial charge in [-0.2, -0.15) is 0 Å². The van der Waals surface area contributed by atoms with Gasteiger partial charge in [-0.25, -0.2) is 0 Å². The molecule has 1 unspecified atom stereocenters. The summed E-state index contributed by atoms with van der Waals surface area (Å²) in [6, 6.07) is 8.13. The second-order valence-electron chi connectivity index (χ2n) is 5.30. The van der Waals surface area contributed by atoms with Crippen LogP contribution in [0.4, 0.5) is 18.9 Å². The number of amides is 1. The fourth-order valence-corrected chi connectivity index (χ4v) is 2.14. The van der Waals surface area contributed by atoms with E-state index in [4.69, 9.17) is 0 Å². The summed E-state index contributed by atoms with van der Waals surface area (Å²) in [5.41, 5.74) is 1.24. The van der Waals surface area contributed by atoms with Gasteiger partial charge < -0.3 is 20.5 Å². The smallest absolute Gasteiger partial charge is 0.406 e. The number of aromatic nitrogens is 1. The molecule has 1 atom stereocenters. The normalized spacial score (nSPS) is 12.3. The Morgan fingerprint density at radius 2 is 1.96 bits per heavy atom. The van der Waals surface area contributed by atoms with Crippen molar-refractivity contribution in [3.8, 4) is 5.75 Å². The number of ether oxygens (including phenoxy) is 1. The molecule has 2 rings (SSSR count). The summed E-state index contributed by atoms with van der Waals surface area (Å²) in [7, 11) is 0. The first-order valence-corrected chi connectivity index (χ1v) is 7.80. The van der Waals surface area contributed by atoms with Gasteiger partial charge in [0.2, 0.25) is 0 Å². The van der Waals surface area contributed by atoms with Crippen LogP contribution in [0.3, 0.4) is 0 Å². The summed E-state index contributed by atoms with van der Waals surface area (Å²) in [5, 5.41) is 15.7. The van der Waals surface area contributed by atoms with Crippen molar-refractivity contribution < 1.29 is 27.8 Å². The molecule has 0 aliphatic heterocycles. The average Bonchev–Trinajstić information content (AvgIpc) is 2.59. The molecule has 9 heteroatoms. The number of halogens is 3. The number of hydrogen-bond acceptors (Lipinski definition) is 5. The number of carbonyl (C=O) groups excluding carboxylic acids is 1. The zero-order chi connectivity index (χ0) is 19.2. The summed E-state index contributed by atoms with van der Waals surface area (Å²) < 4.78 is 40.2. The van der Waals surface area contributed by atoms with Crippen LogP contribution in [0.2, 0.25) is 0 Å². The highest BCUT2D eigenvalue weighted by molar-refractivity contribution is 5.93. The molecule has 6 nitrogen and oxygen atoms in total. The van der Waals surface area contributed by atoms with E-state index in [9.17, 15) is 23.1 Å². The topological polar surface area (TPSA) is 83.5 Å². The van der Waals surface area contributed by atoms with Gasteiger partial charge in [-0.15, -0.1) is 13.2 Å². The first-order chi connectivity index (χ1) is 12.3. The van der Waals surface area contributed by atoms with Gasteiger partial charge in [-0.3, -0.25) is 9.78 Å². The molecular weight excluding hydrogens is 351 g/mol. The summed E-state index contributed by atoms with van der Waals surface area (Å²) in [5.74, 6) is -0.668. The van der Waals surface area contributed by atoms with E-state index < -0.39 is 12.5 Å². The molecule has 3 N–H and O–H groups in total. The molecule has 1 heterocycles. The quantitative estimate of drug-likeness (QED) is 0.699. The molecule has 0 radical (unpaired) electrons. The third-order valence-corrected chi connectivity index (χ3v) is 3.33. The highest BCUT2D eigenvalue weighted by atomic mass is 19.4. The SMILES string of the molecule is CCNC(=O)c1cc(NCC(O)c2ccc(OC(F)(F)F)cc2)ccn1. The Labute approximate surface area is 148 Å². The molecule has 26 heavy (non-hydrogen) atoms. The van der Waals surface area contributed by atoms with Crippen LogP contribution in [0.1, 0.15) is 29.1 Å². The predicted molar refractivity (Wildman–Crippen MR) is 88.8 cm³/mol. The molecule has 0 fully saturated rings. The highest BCUT2D eigenvalue weighted by Gasteiger charge is 2.31. The Morgan fingerprint density at radius 1 is 1.27 bits per heavy atom. The third-order valence-electron chi connectivity index (χ3n) is 3.33. The molecule has 0 bridgehead atoms. The third kappa shape index (κ3) is 5.92. The summed E-state index contributed by atoms with van der Waals surface area (Å²) in [6.07, 6.45) is -4.26. The molecule has 0 spiro atoms. The first-order valence-electron chi connectivity index (χ1n) is 7.80. The minimum Gasteiger partial charge on any atom is -0.406 e. The number of carbonyl (C=O) groups is 1. The maximum atomic E-state index is 12.1. The zero-order valence-corrected chi connectivity index (χ0v) is 13.9. The van der Waals surface area contributed by atoms with Crippen LogP contribution in [0, 0.1) is 0 Å². The second kappa shape index (κ2) is 8.52. The Balaban J connectivity index is 1.95. The van der Waals surface area contributed by atoms with Crippen LogP contribution in [0.15, 0.2) is 42.6 Å². The average molecular weight is 369 g/mol. The molecule has 2 aromatic rings. The number of aliphatic hydroxyl groups is 1. The van der Waals surface area contributed by atoms with Crippen LogP contribution < -0.4 is 15.4 Å². The number of pyridine rings is 1. The van der Waals surface area contributed by atoms with Gasteiger partial charge in [-0.1, -0.05) is 12.1 Å². The lowest BCUT2D eigenvalue weighted by Gasteiger charge is -2.15. The Hall–Kier alpha value is -2.81. The number of alkyl halides is 3. The number of nitrogens with one attached hydrogen (secondary N) is 2. The van der Waals surface area contributed by atoms with E-state index >= 15 is 0 Å². The van der Waals surface area contributed by atoms with Crippen LogP contribution in [-0.2, 0) is 0 Å². The number of benzene rings is 1. The number of aliphatic hydroxyl groups excluding tert-OH is 1. The number of rotatable bonds is 7. The lowest BCUT2D eigenvalue weighted by Crippen LogP contribution is -2.23. The summed E-state index contributed by atoms with van der Waals surface area (Å²) in [4.78, 5) is 15.7. The largest absolute Gasteiger partial charge is 0.573 e. The van der Waals surface area contributed by atoms with E-state index in [0.29, 0.717) is 17.8 Å². The number of hydrogen-bond donors (Lipinski definition) is 3. The van der Waals surface area contributed by atoms with E-state index in [1.54, 1.807) is 13.0 Å². The Kier molecular flexibility index (Phi) is 6.40. The molecule has 0 saturated heterocycles. The van der Waals surface area contributed by atoms with Gasteiger partial charge >= 0.3 is 6.36 Å². The van der Waals surface area contributed by atoms with Crippen molar-refractivity contribution in [2.45, 2.75) is 19.4 Å². The number of nitrogens with zero attached hydrogens (tertiary/aromatic N) is 1. The van der Waals surface area contributed by atoms with Gasteiger partial charge in [0, 0.05) is 25.0 Å². The molecule has 1 aromatic heterocycles. The van der Waals surface area contributed by atoms with Gasteiger partial charge in [-0.05, 0) is 36.8 Å². The Bertz CT molecular complexity index is 736. The fourth-order valence-electron chi connectivity index (χ4n) is 2.14. The van der Waals surface area contributed by atoms with Crippen molar-refractivity contribution >= 4 is 11.6 Å². The molecule has 0 aliphatic rings. The number of anilines is 1. The molecule has 140 valence electrons. The van der Waals surface area contributed by atoms with E-state index in [2.05, 4.69) is 20.4 Å². The van der Waals surface area contributed by atoms with Crippen LogP contribution in [0.25, 0.3) is 0 Å². The van der Waals surface area contributed by atoms with E-state index in [0.717, 1.165) is 12.1 Å². The minimum absolute atomic E-state index is 0.0956. The van der Waals surface area contributed by atoms with Crippen molar-refractivity contribution in [1.29, 1.82) is 0 Å². The zero-order valence-electron chi connectivity index (χ0n) is 13.9. The molecule has 0 saturated carbocycles. The summed E-state index contributed by atoms with van der Waals surface area (Å²) in [6.45, 7) is 2.37. The minimum atomic E-state index is -4.76. The van der Waals surface area contributed by atoms with Gasteiger partial charge in [0.05, 0.1) is 6.10 Å². The molecule has 0 aliphatic carbocycles. The van der Waals surface area contributed by atoms with E-state index in [-0.39, 0.29) is 23.9 Å². The highest BCUT2D eigenvalue weighted by Crippen LogP contribution is 2.24. The van der Waals surface area contributed by atoms with Gasteiger partial charge in [0.15, 0.2) is 0 Å². The van der Waals surface area contributed by atoms with Gasteiger partial charge in [0.25, 0.3) is 5.91 Å². The lowest BCUT2D eigenvalue weighted by molar-refractivity contribution is -0.274. The first kappa shape index (κ1) is 19.5. The maximum Gasteiger partial charge on any atom is 0.573 e. The lowest BCUT2D eigenvalue weighted by atomic mass is 10.1. The van der Waals surface area contributed by atoms with Crippen molar-refractivity contribution in [1.82, 2.24) is 10.3 Å². The van der Waals surface area contributed by atoms with Crippen LogP contribution in [0.5, 0.6) is 5.75 Å². The van der Waals surface area contributed by atoms with Crippen molar-refractivity contribution in [3.05, 3.63) is 53.9 Å². The van der Waals surface area contributed by atoms with Crippen molar-refractivity contribution in [2.24, 2.45) is 0 Å². The molecular formula is C17H18F3N3O3. The van der Waals surface area contributed by atoms with Gasteiger partial charge in [0.1, 0.15) is 11.4 Å². The fraction of sp³-hybridized carbons (Fsp3) is 0.294. The maximum absolute atomic E-state index is 12.1. The Morgan fingerprint density at radius 3 is 2.58 bits per heavy atom. The van der Waals surface area contributed by atoms with E-state index in [1.165, 1.54) is 24.4 Å². The van der Waals surface area contributed by atoms with Crippen LogP contribution in [-0.4, -0.2) is 35.4 Å². The predicted octanol–water partition coefficient (Wildman–Crippen LogP) is 2.88. The molecule has 1 amide bonds. The van der Waals surface area contributed by atoms with Crippen molar-refractivity contribution in [3.63, 3.8) is 0 Å². The van der Waals surface area contributed by atoms with Crippen molar-refractivity contribution in [2.75, 3.05) is 18.4 Å². The summed E-state index contributed by atoms with van der Waals surface area (Å²) >= 11 is 0. The standard InChI is InChI=1S/C17H18F3N3O3/c1-2-21-16(25)14-9-12(7-8-22-14)23-10-15(24)11-3-5-13(6-4-11)26-17(18,19)20/h3-9,15,24H,2,10H2,1H3,(H,21,25)(H,22,23).